The normalized spacial score (nSPS) is 10.7. The Morgan fingerprint density at radius 1 is 1.35 bits per heavy atom. The zero-order valence-corrected chi connectivity index (χ0v) is 10.4. The summed E-state index contributed by atoms with van der Waals surface area (Å²) in [7, 11) is 1.69. The summed E-state index contributed by atoms with van der Waals surface area (Å²) in [6.07, 6.45) is 4.96. The van der Waals surface area contributed by atoms with Crippen LogP contribution in [0.15, 0.2) is 30.3 Å². The first kappa shape index (κ1) is 13.5. The van der Waals surface area contributed by atoms with Gasteiger partial charge in [0.2, 0.25) is 5.91 Å². The SMILES string of the molecule is COCc1ccc(C=CCCNC(C)=O)cc1. The predicted octanol–water partition coefficient (Wildman–Crippen LogP) is 2.37. The second kappa shape index (κ2) is 7.63. The van der Waals surface area contributed by atoms with Gasteiger partial charge in [0, 0.05) is 20.6 Å². The van der Waals surface area contributed by atoms with Gasteiger partial charge in [-0.25, -0.2) is 0 Å². The summed E-state index contributed by atoms with van der Waals surface area (Å²) in [4.78, 5) is 10.6. The van der Waals surface area contributed by atoms with E-state index >= 15 is 0 Å². The average molecular weight is 233 g/mol. The van der Waals surface area contributed by atoms with Gasteiger partial charge in [-0.1, -0.05) is 36.4 Å². The Labute approximate surface area is 102 Å². The molecule has 1 N–H and O–H groups in total. The van der Waals surface area contributed by atoms with Crippen molar-refractivity contribution < 1.29 is 9.53 Å². The summed E-state index contributed by atoms with van der Waals surface area (Å²) in [6, 6.07) is 8.22. The van der Waals surface area contributed by atoms with Crippen LogP contribution in [0.3, 0.4) is 0 Å². The van der Waals surface area contributed by atoms with Crippen LogP contribution in [0.2, 0.25) is 0 Å². The molecule has 0 heterocycles. The highest BCUT2D eigenvalue weighted by Gasteiger charge is 1.91. The Balaban J connectivity index is 2.35. The molecule has 0 saturated heterocycles. The first-order valence-corrected chi connectivity index (χ1v) is 5.71. The quantitative estimate of drug-likeness (QED) is 0.766. The van der Waals surface area contributed by atoms with Crippen LogP contribution < -0.4 is 5.32 Å². The van der Waals surface area contributed by atoms with Gasteiger partial charge in [-0.15, -0.1) is 0 Å². The number of amides is 1. The van der Waals surface area contributed by atoms with Gasteiger partial charge >= 0.3 is 0 Å². The van der Waals surface area contributed by atoms with Gasteiger partial charge in [-0.05, 0) is 17.5 Å². The number of hydrogen-bond acceptors (Lipinski definition) is 2. The number of rotatable bonds is 6. The van der Waals surface area contributed by atoms with Gasteiger partial charge in [0.1, 0.15) is 0 Å². The lowest BCUT2D eigenvalue weighted by atomic mass is 10.1. The van der Waals surface area contributed by atoms with E-state index in [0.717, 1.165) is 12.0 Å². The molecule has 0 atom stereocenters. The van der Waals surface area contributed by atoms with Crippen LogP contribution in [0.4, 0.5) is 0 Å². The van der Waals surface area contributed by atoms with Gasteiger partial charge in [-0.3, -0.25) is 4.79 Å². The second-order valence-electron chi connectivity index (χ2n) is 3.85. The summed E-state index contributed by atoms with van der Waals surface area (Å²) in [6.45, 7) is 2.86. The summed E-state index contributed by atoms with van der Waals surface area (Å²) < 4.78 is 5.05. The van der Waals surface area contributed by atoms with Crippen molar-refractivity contribution in [3.05, 3.63) is 41.5 Å². The number of carbonyl (C=O) groups is 1. The van der Waals surface area contributed by atoms with Crippen LogP contribution in [0, 0.1) is 0 Å². The van der Waals surface area contributed by atoms with Crippen molar-refractivity contribution in [2.45, 2.75) is 20.0 Å². The Hall–Kier alpha value is -1.61. The van der Waals surface area contributed by atoms with Crippen LogP contribution in [0.25, 0.3) is 6.08 Å². The molecule has 0 aliphatic heterocycles. The van der Waals surface area contributed by atoms with Crippen molar-refractivity contribution >= 4 is 12.0 Å². The number of benzene rings is 1. The molecule has 3 nitrogen and oxygen atoms in total. The van der Waals surface area contributed by atoms with E-state index in [-0.39, 0.29) is 5.91 Å². The van der Waals surface area contributed by atoms with Crippen molar-refractivity contribution in [3.63, 3.8) is 0 Å². The Bertz CT molecular complexity index is 368. The maximum atomic E-state index is 10.6. The summed E-state index contributed by atoms with van der Waals surface area (Å²) in [5.41, 5.74) is 2.33. The van der Waals surface area contributed by atoms with Crippen LogP contribution in [0.1, 0.15) is 24.5 Å². The molecule has 0 aliphatic rings. The Morgan fingerprint density at radius 2 is 2.06 bits per heavy atom. The molecule has 0 saturated carbocycles. The molecule has 1 aromatic rings. The van der Waals surface area contributed by atoms with Gasteiger partial charge in [0.25, 0.3) is 0 Å². The maximum absolute atomic E-state index is 10.6. The van der Waals surface area contributed by atoms with Gasteiger partial charge in [0.05, 0.1) is 6.61 Å². The lowest BCUT2D eigenvalue weighted by molar-refractivity contribution is -0.118. The third-order valence-electron chi connectivity index (χ3n) is 2.29. The van der Waals surface area contributed by atoms with Crippen molar-refractivity contribution in [2.24, 2.45) is 0 Å². The van der Waals surface area contributed by atoms with Crippen LogP contribution in [-0.2, 0) is 16.1 Å². The van der Waals surface area contributed by atoms with E-state index in [1.54, 1.807) is 7.11 Å². The van der Waals surface area contributed by atoms with E-state index in [1.807, 2.05) is 0 Å². The molecule has 0 radical (unpaired) electrons. The third kappa shape index (κ3) is 5.88. The highest BCUT2D eigenvalue weighted by molar-refractivity contribution is 5.72. The molecule has 0 fully saturated rings. The maximum Gasteiger partial charge on any atom is 0.216 e. The monoisotopic (exact) mass is 233 g/mol. The number of nitrogens with one attached hydrogen (secondary N) is 1. The predicted molar refractivity (Wildman–Crippen MR) is 69.5 cm³/mol. The molecule has 0 bridgehead atoms. The number of hydrogen-bond donors (Lipinski definition) is 1. The minimum Gasteiger partial charge on any atom is -0.380 e. The fraction of sp³-hybridized carbons (Fsp3) is 0.357. The smallest absolute Gasteiger partial charge is 0.216 e. The molecule has 0 spiro atoms. The molecular formula is C14H19NO2. The van der Waals surface area contributed by atoms with Crippen LogP contribution in [0.5, 0.6) is 0 Å². The summed E-state index contributed by atoms with van der Waals surface area (Å²) in [5.74, 6) is 0.0160. The van der Waals surface area contributed by atoms with Crippen molar-refractivity contribution in [2.75, 3.05) is 13.7 Å². The fourth-order valence-electron chi connectivity index (χ4n) is 1.44. The molecule has 1 rings (SSSR count). The summed E-state index contributed by atoms with van der Waals surface area (Å²) in [5, 5.41) is 2.75. The Kier molecular flexibility index (Phi) is 6.04. The van der Waals surface area contributed by atoms with Crippen LogP contribution >= 0.6 is 0 Å². The van der Waals surface area contributed by atoms with E-state index in [0.29, 0.717) is 13.2 Å². The lowest BCUT2D eigenvalue weighted by Crippen LogP contribution is -2.20. The molecule has 17 heavy (non-hydrogen) atoms. The molecular weight excluding hydrogens is 214 g/mol. The first-order chi connectivity index (χ1) is 8.22. The highest BCUT2D eigenvalue weighted by atomic mass is 16.5. The number of ether oxygens (including phenoxy) is 1. The van der Waals surface area contributed by atoms with E-state index < -0.39 is 0 Å². The molecule has 3 heteroatoms. The third-order valence-corrected chi connectivity index (χ3v) is 2.29. The minimum atomic E-state index is 0.0160. The molecule has 0 aliphatic carbocycles. The van der Waals surface area contributed by atoms with Crippen molar-refractivity contribution in [1.82, 2.24) is 5.32 Å². The zero-order chi connectivity index (χ0) is 12.5. The standard InChI is InChI=1S/C14H19NO2/c1-12(16)15-10-4-3-5-13-6-8-14(9-7-13)11-17-2/h3,5-9H,4,10-11H2,1-2H3,(H,15,16). The van der Waals surface area contributed by atoms with Crippen molar-refractivity contribution in [1.29, 1.82) is 0 Å². The van der Waals surface area contributed by atoms with E-state index in [9.17, 15) is 4.79 Å². The topological polar surface area (TPSA) is 38.3 Å². The van der Waals surface area contributed by atoms with E-state index in [1.165, 1.54) is 12.5 Å². The highest BCUT2D eigenvalue weighted by Crippen LogP contribution is 2.07. The summed E-state index contributed by atoms with van der Waals surface area (Å²) >= 11 is 0. The molecule has 0 aromatic heterocycles. The fourth-order valence-corrected chi connectivity index (χ4v) is 1.44. The average Bonchev–Trinajstić information content (AvgIpc) is 2.31. The number of carbonyl (C=O) groups excluding carboxylic acids is 1. The molecule has 1 aromatic carbocycles. The minimum absolute atomic E-state index is 0.0160. The zero-order valence-electron chi connectivity index (χ0n) is 10.4. The first-order valence-electron chi connectivity index (χ1n) is 5.71. The van der Waals surface area contributed by atoms with Crippen LogP contribution in [-0.4, -0.2) is 19.6 Å². The lowest BCUT2D eigenvalue weighted by Gasteiger charge is -2.00. The number of methoxy groups -OCH3 is 1. The second-order valence-corrected chi connectivity index (χ2v) is 3.85. The van der Waals surface area contributed by atoms with Crippen molar-refractivity contribution in [3.8, 4) is 0 Å². The van der Waals surface area contributed by atoms with E-state index in [2.05, 4.69) is 41.7 Å². The molecule has 1 amide bonds. The molecule has 92 valence electrons. The molecule has 0 unspecified atom stereocenters. The largest absolute Gasteiger partial charge is 0.380 e. The van der Waals surface area contributed by atoms with Gasteiger partial charge < -0.3 is 10.1 Å². The van der Waals surface area contributed by atoms with Gasteiger partial charge in [0.15, 0.2) is 0 Å². The van der Waals surface area contributed by atoms with E-state index in [4.69, 9.17) is 4.74 Å². The van der Waals surface area contributed by atoms with Gasteiger partial charge in [-0.2, -0.15) is 0 Å². The Morgan fingerprint density at radius 3 is 2.65 bits per heavy atom.